The molecule has 3 rings (SSSR count). The summed E-state index contributed by atoms with van der Waals surface area (Å²) in [4.78, 5) is 17.6. The molecule has 2 aromatic heterocycles. The monoisotopic (exact) mass is 398 g/mol. The Morgan fingerprint density at radius 1 is 1.11 bits per heavy atom. The number of thioether (sulfide) groups is 1. The molecule has 0 saturated carbocycles. The van der Waals surface area contributed by atoms with Gasteiger partial charge in [-0.1, -0.05) is 37.7 Å². The van der Waals surface area contributed by atoms with E-state index in [1.807, 2.05) is 50.2 Å². The molecule has 0 radical (unpaired) electrons. The van der Waals surface area contributed by atoms with E-state index >= 15 is 0 Å². The standard InChI is InChI=1S/C20H22N4OS2/c1-12(2)15-5-7-16(8-6-15)22-18(25)11-26-19-10-9-17(23-24-19)20-13(3)21-14(4)27-20/h5-10,12H,11H2,1-4H3,(H,22,25). The number of hydrogen-bond donors (Lipinski definition) is 1. The first kappa shape index (κ1) is 19.5. The largest absolute Gasteiger partial charge is 0.325 e. The third-order valence-corrected chi connectivity index (χ3v) is 6.00. The minimum atomic E-state index is -0.0582. The maximum atomic E-state index is 12.2. The second-order valence-electron chi connectivity index (χ2n) is 6.52. The Hall–Kier alpha value is -2.25. The lowest BCUT2D eigenvalue weighted by atomic mass is 10.0. The number of benzene rings is 1. The number of nitrogens with one attached hydrogen (secondary N) is 1. The third kappa shape index (κ3) is 5.14. The Kier molecular flexibility index (Phi) is 6.23. The van der Waals surface area contributed by atoms with Crippen molar-refractivity contribution < 1.29 is 4.79 Å². The first-order valence-corrected chi connectivity index (χ1v) is 10.5. The van der Waals surface area contributed by atoms with Gasteiger partial charge in [-0.3, -0.25) is 4.79 Å². The highest BCUT2D eigenvalue weighted by Crippen LogP contribution is 2.28. The summed E-state index contributed by atoms with van der Waals surface area (Å²) in [5.74, 6) is 0.708. The Morgan fingerprint density at radius 2 is 1.85 bits per heavy atom. The summed E-state index contributed by atoms with van der Waals surface area (Å²) < 4.78 is 0. The lowest BCUT2D eigenvalue weighted by Crippen LogP contribution is -2.14. The van der Waals surface area contributed by atoms with Crippen LogP contribution in [-0.4, -0.2) is 26.8 Å². The fraction of sp³-hybridized carbons (Fsp3) is 0.300. The summed E-state index contributed by atoms with van der Waals surface area (Å²) in [7, 11) is 0. The number of aryl methyl sites for hydroxylation is 2. The molecule has 1 N–H and O–H groups in total. The molecule has 1 amide bonds. The number of hydrogen-bond acceptors (Lipinski definition) is 6. The molecular weight excluding hydrogens is 376 g/mol. The van der Waals surface area contributed by atoms with E-state index in [9.17, 15) is 4.79 Å². The SMILES string of the molecule is Cc1nc(C)c(-c2ccc(SCC(=O)Nc3ccc(C(C)C)cc3)nn2)s1. The van der Waals surface area contributed by atoms with Gasteiger partial charge < -0.3 is 5.32 Å². The van der Waals surface area contributed by atoms with Crippen LogP contribution in [-0.2, 0) is 4.79 Å². The molecule has 0 aliphatic heterocycles. The Balaban J connectivity index is 1.55. The van der Waals surface area contributed by atoms with Gasteiger partial charge in [-0.2, -0.15) is 0 Å². The van der Waals surface area contributed by atoms with Crippen LogP contribution in [0.5, 0.6) is 0 Å². The van der Waals surface area contributed by atoms with Crippen molar-refractivity contribution in [3.05, 3.63) is 52.7 Å². The number of rotatable bonds is 6. The van der Waals surface area contributed by atoms with Crippen LogP contribution < -0.4 is 5.32 Å². The van der Waals surface area contributed by atoms with Crippen LogP contribution in [0.25, 0.3) is 10.6 Å². The second-order valence-corrected chi connectivity index (χ2v) is 8.72. The molecular formula is C20H22N4OS2. The fourth-order valence-electron chi connectivity index (χ4n) is 2.57. The van der Waals surface area contributed by atoms with Gasteiger partial charge in [0, 0.05) is 5.69 Å². The summed E-state index contributed by atoms with van der Waals surface area (Å²) in [5.41, 5.74) is 3.85. The number of amides is 1. The van der Waals surface area contributed by atoms with E-state index in [0.717, 1.165) is 32.0 Å². The van der Waals surface area contributed by atoms with Gasteiger partial charge in [-0.05, 0) is 49.6 Å². The number of anilines is 1. The smallest absolute Gasteiger partial charge is 0.234 e. The molecule has 0 bridgehead atoms. The molecule has 0 fully saturated rings. The van der Waals surface area contributed by atoms with E-state index in [4.69, 9.17) is 0 Å². The summed E-state index contributed by atoms with van der Waals surface area (Å²) in [6.45, 7) is 8.25. The first-order valence-electron chi connectivity index (χ1n) is 8.73. The van der Waals surface area contributed by atoms with E-state index in [0.29, 0.717) is 11.7 Å². The molecule has 7 heteroatoms. The molecule has 0 aliphatic carbocycles. The van der Waals surface area contributed by atoms with Crippen molar-refractivity contribution in [3.63, 3.8) is 0 Å². The number of nitrogens with zero attached hydrogens (tertiary/aromatic N) is 3. The van der Waals surface area contributed by atoms with Crippen LogP contribution in [0.15, 0.2) is 41.4 Å². The van der Waals surface area contributed by atoms with Gasteiger partial charge in [-0.15, -0.1) is 21.5 Å². The molecule has 5 nitrogen and oxygen atoms in total. The summed E-state index contributed by atoms with van der Waals surface area (Å²) >= 11 is 2.98. The zero-order valence-corrected chi connectivity index (χ0v) is 17.4. The van der Waals surface area contributed by atoms with E-state index < -0.39 is 0 Å². The number of thiazole rings is 1. The van der Waals surface area contributed by atoms with E-state index in [-0.39, 0.29) is 5.91 Å². The van der Waals surface area contributed by atoms with Crippen molar-refractivity contribution in [2.75, 3.05) is 11.1 Å². The highest BCUT2D eigenvalue weighted by Gasteiger charge is 2.10. The highest BCUT2D eigenvalue weighted by atomic mass is 32.2. The average molecular weight is 399 g/mol. The number of aromatic nitrogens is 3. The molecule has 2 heterocycles. The fourth-order valence-corrected chi connectivity index (χ4v) is 4.07. The second kappa shape index (κ2) is 8.63. The molecule has 1 aromatic carbocycles. The van der Waals surface area contributed by atoms with E-state index in [1.165, 1.54) is 17.3 Å². The van der Waals surface area contributed by atoms with Crippen LogP contribution in [0, 0.1) is 13.8 Å². The van der Waals surface area contributed by atoms with Crippen LogP contribution in [0.1, 0.15) is 36.0 Å². The minimum absolute atomic E-state index is 0.0582. The van der Waals surface area contributed by atoms with Crippen molar-refractivity contribution in [1.29, 1.82) is 0 Å². The quantitative estimate of drug-likeness (QED) is 0.587. The van der Waals surface area contributed by atoms with Gasteiger partial charge in [0.2, 0.25) is 5.91 Å². The highest BCUT2D eigenvalue weighted by molar-refractivity contribution is 7.99. The predicted octanol–water partition coefficient (Wildman–Crippen LogP) is 5.07. The van der Waals surface area contributed by atoms with Crippen molar-refractivity contribution in [2.24, 2.45) is 0 Å². The maximum absolute atomic E-state index is 12.2. The third-order valence-electron chi connectivity index (χ3n) is 3.99. The van der Waals surface area contributed by atoms with Crippen LogP contribution >= 0.6 is 23.1 Å². The van der Waals surface area contributed by atoms with Crippen molar-refractivity contribution in [1.82, 2.24) is 15.2 Å². The van der Waals surface area contributed by atoms with Crippen LogP contribution in [0.4, 0.5) is 5.69 Å². The van der Waals surface area contributed by atoms with Gasteiger partial charge in [0.05, 0.1) is 21.3 Å². The van der Waals surface area contributed by atoms with Crippen molar-refractivity contribution >= 4 is 34.7 Å². The van der Waals surface area contributed by atoms with Gasteiger partial charge in [0.25, 0.3) is 0 Å². The Bertz CT molecular complexity index is 918. The molecule has 0 saturated heterocycles. The van der Waals surface area contributed by atoms with Gasteiger partial charge >= 0.3 is 0 Å². The first-order chi connectivity index (χ1) is 12.9. The average Bonchev–Trinajstić information content (AvgIpc) is 2.99. The topological polar surface area (TPSA) is 67.8 Å². The normalized spacial score (nSPS) is 11.0. The summed E-state index contributed by atoms with van der Waals surface area (Å²) in [5, 5.41) is 13.2. The van der Waals surface area contributed by atoms with Crippen LogP contribution in [0.3, 0.4) is 0 Å². The molecule has 3 aromatic rings. The molecule has 27 heavy (non-hydrogen) atoms. The number of carbonyl (C=O) groups is 1. The lowest BCUT2D eigenvalue weighted by Gasteiger charge is -2.08. The van der Waals surface area contributed by atoms with Crippen molar-refractivity contribution in [3.8, 4) is 10.6 Å². The summed E-state index contributed by atoms with van der Waals surface area (Å²) in [6, 6.07) is 11.8. The maximum Gasteiger partial charge on any atom is 0.234 e. The zero-order valence-electron chi connectivity index (χ0n) is 15.8. The summed E-state index contributed by atoms with van der Waals surface area (Å²) in [6.07, 6.45) is 0. The molecule has 0 aliphatic rings. The zero-order chi connectivity index (χ0) is 19.4. The molecule has 0 unspecified atom stereocenters. The van der Waals surface area contributed by atoms with E-state index in [1.54, 1.807) is 11.3 Å². The predicted molar refractivity (Wildman–Crippen MR) is 112 cm³/mol. The number of carbonyl (C=O) groups excluding carboxylic acids is 1. The minimum Gasteiger partial charge on any atom is -0.325 e. The van der Waals surface area contributed by atoms with Gasteiger partial charge in [-0.25, -0.2) is 4.98 Å². The van der Waals surface area contributed by atoms with Gasteiger partial charge in [0.15, 0.2) is 0 Å². The Morgan fingerprint density at radius 3 is 2.41 bits per heavy atom. The Labute approximate surface area is 167 Å². The lowest BCUT2D eigenvalue weighted by molar-refractivity contribution is -0.113. The molecule has 140 valence electrons. The van der Waals surface area contributed by atoms with Gasteiger partial charge in [0.1, 0.15) is 10.7 Å². The van der Waals surface area contributed by atoms with Crippen molar-refractivity contribution in [2.45, 2.75) is 38.6 Å². The molecule has 0 atom stereocenters. The van der Waals surface area contributed by atoms with E-state index in [2.05, 4.69) is 34.3 Å². The van der Waals surface area contributed by atoms with Crippen LogP contribution in [0.2, 0.25) is 0 Å². The molecule has 0 spiro atoms.